The van der Waals surface area contributed by atoms with Crippen LogP contribution in [0.15, 0.2) is 209 Å². The number of fused-ring (bicyclic) bond motifs is 16. The first-order chi connectivity index (χ1) is 29.3. The summed E-state index contributed by atoms with van der Waals surface area (Å²) >= 11 is 0. The van der Waals surface area contributed by atoms with Gasteiger partial charge >= 0.3 is 0 Å². The molecule has 13 rings (SSSR count). The van der Waals surface area contributed by atoms with E-state index in [9.17, 15) is 0 Å². The number of hydrogen-bond acceptors (Lipinski definition) is 4. The van der Waals surface area contributed by atoms with E-state index in [0.29, 0.717) is 0 Å². The average molecular weight is 756 g/mol. The maximum atomic E-state index is 6.87. The first-order valence-corrected chi connectivity index (χ1v) is 20.1. The van der Waals surface area contributed by atoms with Crippen LogP contribution in [0.1, 0.15) is 22.3 Å². The third-order valence-corrected chi connectivity index (χ3v) is 12.5. The molecular weight excluding hydrogens is 723 g/mol. The lowest BCUT2D eigenvalue weighted by Crippen LogP contribution is -2.32. The fourth-order valence-corrected chi connectivity index (χ4v) is 10.2. The normalized spacial score (nSPS) is 13.4. The van der Waals surface area contributed by atoms with Crippen molar-refractivity contribution in [3.63, 3.8) is 0 Å². The van der Waals surface area contributed by atoms with Crippen molar-refractivity contribution in [2.45, 2.75) is 5.41 Å². The number of furan rings is 2. The van der Waals surface area contributed by atoms with E-state index in [1.54, 1.807) is 0 Å². The van der Waals surface area contributed by atoms with Gasteiger partial charge in [0.15, 0.2) is 0 Å². The molecule has 0 amide bonds. The summed E-state index contributed by atoms with van der Waals surface area (Å²) in [5, 5.41) is 4.42. The maximum absolute atomic E-state index is 6.87. The Hall–Kier alpha value is -7.82. The second-order valence-electron chi connectivity index (χ2n) is 15.5. The van der Waals surface area contributed by atoms with Crippen molar-refractivity contribution in [3.05, 3.63) is 222 Å². The molecule has 0 fully saturated rings. The highest BCUT2D eigenvalue weighted by molar-refractivity contribution is 6.21. The summed E-state index contributed by atoms with van der Waals surface area (Å²) in [6.45, 7) is 0. The highest BCUT2D eigenvalue weighted by Gasteiger charge is 2.51. The van der Waals surface area contributed by atoms with Gasteiger partial charge in [-0.1, -0.05) is 133 Å². The second-order valence-corrected chi connectivity index (χ2v) is 15.5. The number of para-hydroxylation sites is 5. The molecule has 3 heterocycles. The molecule has 0 saturated carbocycles. The quantitative estimate of drug-likeness (QED) is 0.179. The van der Waals surface area contributed by atoms with E-state index in [4.69, 9.17) is 13.6 Å². The smallest absolute Gasteiger partial charge is 0.137 e. The van der Waals surface area contributed by atoms with Crippen molar-refractivity contribution in [1.82, 2.24) is 0 Å². The number of hydrogen-bond donors (Lipinski definition) is 0. The molecular formula is C55H33NO3. The molecule has 0 radical (unpaired) electrons. The first kappa shape index (κ1) is 32.3. The monoisotopic (exact) mass is 755 g/mol. The predicted octanol–water partition coefficient (Wildman–Crippen LogP) is 15.1. The molecule has 0 unspecified atom stereocenters. The van der Waals surface area contributed by atoms with Crippen LogP contribution in [0.5, 0.6) is 11.5 Å². The Kier molecular flexibility index (Phi) is 6.62. The minimum atomic E-state index is -0.582. The van der Waals surface area contributed by atoms with Gasteiger partial charge in [-0.05, 0) is 88.5 Å². The summed E-state index contributed by atoms with van der Waals surface area (Å²) in [7, 11) is 0. The van der Waals surface area contributed by atoms with E-state index in [1.807, 2.05) is 12.1 Å². The summed E-state index contributed by atoms with van der Waals surface area (Å²) in [5.41, 5.74) is 15.3. The van der Waals surface area contributed by atoms with E-state index >= 15 is 0 Å². The number of rotatable bonds is 4. The lowest BCUT2D eigenvalue weighted by atomic mass is 9.66. The van der Waals surface area contributed by atoms with Crippen molar-refractivity contribution >= 4 is 60.9 Å². The Morgan fingerprint density at radius 3 is 1.80 bits per heavy atom. The highest BCUT2D eigenvalue weighted by atomic mass is 16.5. The van der Waals surface area contributed by atoms with Crippen LogP contribution < -0.4 is 9.64 Å². The van der Waals surface area contributed by atoms with Crippen LogP contribution in [0.2, 0.25) is 0 Å². The minimum absolute atomic E-state index is 0.582. The van der Waals surface area contributed by atoms with Gasteiger partial charge in [-0.25, -0.2) is 0 Å². The van der Waals surface area contributed by atoms with Gasteiger partial charge in [0.1, 0.15) is 33.8 Å². The molecule has 59 heavy (non-hydrogen) atoms. The van der Waals surface area contributed by atoms with Crippen LogP contribution in [0.3, 0.4) is 0 Å². The standard InChI is InChI=1S/C55H33NO3/c1-2-15-34(16-3-1)56(35-29-30-38-37-18-6-11-25-46(37)57-51(38)33-35)45-24-10-5-17-36(45)39-20-14-28-49-53(39)54-50(59-49)32-31-44-52(54)40-19-4-7-21-41(40)55(44)42-22-8-12-26-47(42)58-48-27-13-9-23-43(48)55/h1-33H. The van der Waals surface area contributed by atoms with Gasteiger partial charge in [-0.2, -0.15) is 0 Å². The van der Waals surface area contributed by atoms with Gasteiger partial charge < -0.3 is 18.5 Å². The van der Waals surface area contributed by atoms with Crippen LogP contribution in [-0.4, -0.2) is 0 Å². The SMILES string of the molecule is c1ccc(N(c2ccc3c(c2)oc2ccccc23)c2ccccc2-c2cccc3oc4ccc5c(c4c23)-c2ccccc2C52c3ccccc3Oc3ccccc32)cc1. The van der Waals surface area contributed by atoms with Crippen molar-refractivity contribution in [3.8, 4) is 33.8 Å². The van der Waals surface area contributed by atoms with Crippen LogP contribution in [0.4, 0.5) is 17.1 Å². The van der Waals surface area contributed by atoms with Gasteiger partial charge in [0.05, 0.1) is 11.1 Å². The molecule has 11 aromatic rings. The number of benzene rings is 9. The van der Waals surface area contributed by atoms with Crippen LogP contribution in [0.25, 0.3) is 66.1 Å². The van der Waals surface area contributed by atoms with E-state index in [1.165, 1.54) is 22.3 Å². The Morgan fingerprint density at radius 2 is 0.966 bits per heavy atom. The highest BCUT2D eigenvalue weighted by Crippen LogP contribution is 2.64. The second kappa shape index (κ2) is 12.1. The Bertz CT molecular complexity index is 3460. The predicted molar refractivity (Wildman–Crippen MR) is 238 cm³/mol. The molecule has 4 heteroatoms. The van der Waals surface area contributed by atoms with E-state index < -0.39 is 5.41 Å². The first-order valence-electron chi connectivity index (χ1n) is 20.1. The summed E-state index contributed by atoms with van der Waals surface area (Å²) in [5.74, 6) is 1.75. The zero-order valence-electron chi connectivity index (χ0n) is 31.7. The molecule has 2 aliphatic rings. The molecule has 1 aliphatic heterocycles. The lowest BCUT2D eigenvalue weighted by molar-refractivity contribution is 0.436. The summed E-state index contributed by atoms with van der Waals surface area (Å²) < 4.78 is 19.9. The summed E-state index contributed by atoms with van der Waals surface area (Å²) in [4.78, 5) is 2.34. The van der Waals surface area contributed by atoms with Crippen molar-refractivity contribution in [1.29, 1.82) is 0 Å². The third kappa shape index (κ3) is 4.37. The van der Waals surface area contributed by atoms with Crippen molar-refractivity contribution in [2.24, 2.45) is 0 Å². The van der Waals surface area contributed by atoms with E-state index in [0.717, 1.165) is 94.7 Å². The van der Waals surface area contributed by atoms with Crippen molar-refractivity contribution in [2.75, 3.05) is 4.90 Å². The largest absolute Gasteiger partial charge is 0.457 e. The molecule has 1 aliphatic carbocycles. The van der Waals surface area contributed by atoms with Gasteiger partial charge in [-0.3, -0.25) is 0 Å². The van der Waals surface area contributed by atoms with E-state index in [2.05, 4.69) is 193 Å². The Balaban J connectivity index is 1.10. The van der Waals surface area contributed by atoms with Gasteiger partial charge in [0.2, 0.25) is 0 Å². The van der Waals surface area contributed by atoms with Gasteiger partial charge in [0.25, 0.3) is 0 Å². The zero-order valence-corrected chi connectivity index (χ0v) is 31.7. The topological polar surface area (TPSA) is 38.8 Å². The minimum Gasteiger partial charge on any atom is -0.457 e. The molecule has 276 valence electrons. The maximum Gasteiger partial charge on any atom is 0.137 e. The average Bonchev–Trinajstić information content (AvgIpc) is 3.96. The third-order valence-electron chi connectivity index (χ3n) is 12.5. The molecule has 1 spiro atoms. The number of ether oxygens (including phenoxy) is 1. The molecule has 0 atom stereocenters. The molecule has 0 saturated heterocycles. The fourth-order valence-electron chi connectivity index (χ4n) is 10.2. The zero-order chi connectivity index (χ0) is 38.7. The van der Waals surface area contributed by atoms with Crippen molar-refractivity contribution < 1.29 is 13.6 Å². The van der Waals surface area contributed by atoms with Gasteiger partial charge in [0, 0.05) is 55.7 Å². The Labute approximate surface area is 339 Å². The molecule has 0 N–H and O–H groups in total. The summed E-state index contributed by atoms with van der Waals surface area (Å²) in [6, 6.07) is 71.0. The lowest BCUT2D eigenvalue weighted by Gasteiger charge is -2.39. The van der Waals surface area contributed by atoms with Gasteiger partial charge in [-0.15, -0.1) is 0 Å². The number of nitrogens with zero attached hydrogens (tertiary/aromatic N) is 1. The van der Waals surface area contributed by atoms with Crippen LogP contribution in [0, 0.1) is 0 Å². The molecule has 2 aromatic heterocycles. The molecule has 0 bridgehead atoms. The number of anilines is 3. The van der Waals surface area contributed by atoms with Crippen LogP contribution in [-0.2, 0) is 5.41 Å². The Morgan fingerprint density at radius 1 is 0.356 bits per heavy atom. The summed E-state index contributed by atoms with van der Waals surface area (Å²) in [6.07, 6.45) is 0. The molecule has 4 nitrogen and oxygen atoms in total. The molecule has 9 aromatic carbocycles. The van der Waals surface area contributed by atoms with Crippen LogP contribution >= 0.6 is 0 Å². The fraction of sp³-hybridized carbons (Fsp3) is 0.0182. The van der Waals surface area contributed by atoms with E-state index in [-0.39, 0.29) is 0 Å².